The zero-order valence-electron chi connectivity index (χ0n) is 10.5. The second-order valence-electron chi connectivity index (χ2n) is 4.87. The molecule has 1 N–H and O–H groups in total. The number of carboxylic acids is 1. The number of nitrogens with zero attached hydrogens (tertiary/aromatic N) is 2. The van der Waals surface area contributed by atoms with E-state index in [1.165, 1.54) is 12.1 Å². The Morgan fingerprint density at radius 2 is 2.30 bits per heavy atom. The van der Waals surface area contributed by atoms with Crippen molar-refractivity contribution in [1.82, 2.24) is 9.55 Å². The summed E-state index contributed by atoms with van der Waals surface area (Å²) in [6.07, 6.45) is 1.21. The zero-order valence-corrected chi connectivity index (χ0v) is 12.1. The SMILES string of the molecule is O=C(O)C1CCc2c(-c3cccc(F)c3)nc(Br)n2C1. The van der Waals surface area contributed by atoms with Gasteiger partial charge in [0.25, 0.3) is 0 Å². The molecule has 1 aromatic heterocycles. The first-order chi connectivity index (χ1) is 9.56. The number of fused-ring (bicyclic) bond motifs is 1. The van der Waals surface area contributed by atoms with Crippen LogP contribution in [0.3, 0.4) is 0 Å². The molecule has 0 spiro atoms. The lowest BCUT2D eigenvalue weighted by Gasteiger charge is -2.22. The van der Waals surface area contributed by atoms with Crippen molar-refractivity contribution in [2.45, 2.75) is 19.4 Å². The molecule has 3 rings (SSSR count). The van der Waals surface area contributed by atoms with Crippen LogP contribution >= 0.6 is 15.9 Å². The first kappa shape index (κ1) is 13.3. The quantitative estimate of drug-likeness (QED) is 0.915. The van der Waals surface area contributed by atoms with E-state index < -0.39 is 11.9 Å². The van der Waals surface area contributed by atoms with Crippen molar-refractivity contribution in [3.05, 3.63) is 40.5 Å². The Balaban J connectivity index is 2.04. The van der Waals surface area contributed by atoms with Gasteiger partial charge >= 0.3 is 5.97 Å². The van der Waals surface area contributed by atoms with Crippen LogP contribution in [0.15, 0.2) is 29.0 Å². The molecule has 1 unspecified atom stereocenters. The molecule has 0 aliphatic carbocycles. The number of hydrogen-bond donors (Lipinski definition) is 1. The molecular formula is C14H12BrFN2O2. The van der Waals surface area contributed by atoms with E-state index in [2.05, 4.69) is 20.9 Å². The largest absolute Gasteiger partial charge is 0.481 e. The Morgan fingerprint density at radius 1 is 1.50 bits per heavy atom. The minimum Gasteiger partial charge on any atom is -0.481 e. The molecule has 2 heterocycles. The number of halogens is 2. The fourth-order valence-electron chi connectivity index (χ4n) is 2.59. The summed E-state index contributed by atoms with van der Waals surface area (Å²) < 4.78 is 15.8. The van der Waals surface area contributed by atoms with Gasteiger partial charge < -0.3 is 9.67 Å². The lowest BCUT2D eigenvalue weighted by Crippen LogP contribution is -2.26. The standard InChI is InChI=1S/C14H12BrFN2O2/c15-14-17-12(8-2-1-3-10(16)6-8)11-5-4-9(13(19)20)7-18(11)14/h1-3,6,9H,4-5,7H2,(H,19,20). The molecule has 1 aromatic carbocycles. The Bertz CT molecular complexity index is 684. The minimum absolute atomic E-state index is 0.306. The smallest absolute Gasteiger partial charge is 0.308 e. The summed E-state index contributed by atoms with van der Waals surface area (Å²) in [6, 6.07) is 6.29. The average molecular weight is 339 g/mol. The Hall–Kier alpha value is -1.69. The van der Waals surface area contributed by atoms with E-state index in [9.17, 15) is 9.18 Å². The Morgan fingerprint density at radius 3 is 3.00 bits per heavy atom. The van der Waals surface area contributed by atoms with Gasteiger partial charge in [-0.05, 0) is 40.9 Å². The molecule has 0 radical (unpaired) electrons. The van der Waals surface area contributed by atoms with E-state index in [1.54, 1.807) is 6.07 Å². The van der Waals surface area contributed by atoms with Crippen molar-refractivity contribution in [2.75, 3.05) is 0 Å². The third kappa shape index (κ3) is 2.24. The van der Waals surface area contributed by atoms with Gasteiger partial charge in [-0.1, -0.05) is 12.1 Å². The fourth-order valence-corrected chi connectivity index (χ4v) is 3.12. The molecule has 2 aromatic rings. The highest BCUT2D eigenvalue weighted by molar-refractivity contribution is 9.10. The van der Waals surface area contributed by atoms with E-state index in [0.717, 1.165) is 11.4 Å². The maximum Gasteiger partial charge on any atom is 0.308 e. The fraction of sp³-hybridized carbons (Fsp3) is 0.286. The van der Waals surface area contributed by atoms with Gasteiger partial charge in [-0.2, -0.15) is 0 Å². The highest BCUT2D eigenvalue weighted by Crippen LogP contribution is 2.33. The number of carboxylic acid groups (broad SMARTS) is 1. The van der Waals surface area contributed by atoms with Crippen molar-refractivity contribution in [3.8, 4) is 11.3 Å². The first-order valence-electron chi connectivity index (χ1n) is 6.30. The molecule has 20 heavy (non-hydrogen) atoms. The van der Waals surface area contributed by atoms with Gasteiger partial charge in [0.2, 0.25) is 0 Å². The maximum atomic E-state index is 13.3. The zero-order chi connectivity index (χ0) is 14.3. The van der Waals surface area contributed by atoms with Gasteiger partial charge in [-0.15, -0.1) is 0 Å². The molecular weight excluding hydrogens is 327 g/mol. The third-order valence-corrected chi connectivity index (χ3v) is 4.21. The molecule has 0 bridgehead atoms. The second-order valence-corrected chi connectivity index (χ2v) is 5.58. The molecule has 0 saturated heterocycles. The molecule has 1 aliphatic rings. The number of aromatic nitrogens is 2. The summed E-state index contributed by atoms with van der Waals surface area (Å²) >= 11 is 3.36. The molecule has 6 heteroatoms. The van der Waals surface area contributed by atoms with Crippen LogP contribution < -0.4 is 0 Å². The van der Waals surface area contributed by atoms with Crippen LogP contribution in [0.5, 0.6) is 0 Å². The van der Waals surface area contributed by atoms with Crippen molar-refractivity contribution < 1.29 is 14.3 Å². The van der Waals surface area contributed by atoms with Crippen LogP contribution in [0.2, 0.25) is 0 Å². The van der Waals surface area contributed by atoms with E-state index in [0.29, 0.717) is 29.7 Å². The summed E-state index contributed by atoms with van der Waals surface area (Å²) in [5, 5.41) is 9.12. The third-order valence-electron chi connectivity index (χ3n) is 3.61. The predicted octanol–water partition coefficient (Wildman–Crippen LogP) is 3.10. The van der Waals surface area contributed by atoms with Gasteiger partial charge in [0.15, 0.2) is 4.73 Å². The van der Waals surface area contributed by atoms with Crippen molar-refractivity contribution >= 4 is 21.9 Å². The van der Waals surface area contributed by atoms with Crippen LogP contribution in [0.4, 0.5) is 4.39 Å². The van der Waals surface area contributed by atoms with Crippen molar-refractivity contribution in [3.63, 3.8) is 0 Å². The molecule has 0 saturated carbocycles. The normalized spacial score (nSPS) is 17.8. The summed E-state index contributed by atoms with van der Waals surface area (Å²) in [7, 11) is 0. The topological polar surface area (TPSA) is 55.1 Å². The molecule has 1 atom stereocenters. The average Bonchev–Trinajstić information content (AvgIpc) is 2.76. The summed E-state index contributed by atoms with van der Waals surface area (Å²) in [4.78, 5) is 15.5. The van der Waals surface area contributed by atoms with E-state index in [-0.39, 0.29) is 5.82 Å². The number of carbonyl (C=O) groups is 1. The number of aliphatic carboxylic acids is 1. The highest BCUT2D eigenvalue weighted by Gasteiger charge is 2.28. The van der Waals surface area contributed by atoms with E-state index in [1.807, 2.05) is 10.6 Å². The van der Waals surface area contributed by atoms with E-state index in [4.69, 9.17) is 5.11 Å². The van der Waals surface area contributed by atoms with Gasteiger partial charge in [0, 0.05) is 17.8 Å². The summed E-state index contributed by atoms with van der Waals surface area (Å²) in [6.45, 7) is 0.396. The van der Waals surface area contributed by atoms with Gasteiger partial charge in [-0.25, -0.2) is 9.37 Å². The lowest BCUT2D eigenvalue weighted by atomic mass is 9.96. The minimum atomic E-state index is -0.788. The lowest BCUT2D eigenvalue weighted by molar-refractivity contribution is -0.142. The monoisotopic (exact) mass is 338 g/mol. The van der Waals surface area contributed by atoms with Crippen molar-refractivity contribution in [1.29, 1.82) is 0 Å². The molecule has 1 aliphatic heterocycles. The molecule has 0 fully saturated rings. The molecule has 4 nitrogen and oxygen atoms in total. The summed E-state index contributed by atoms with van der Waals surface area (Å²) in [5.41, 5.74) is 2.40. The van der Waals surface area contributed by atoms with Gasteiger partial charge in [0.1, 0.15) is 5.82 Å². The van der Waals surface area contributed by atoms with Crippen LogP contribution in [0, 0.1) is 11.7 Å². The van der Waals surface area contributed by atoms with Crippen LogP contribution in [-0.4, -0.2) is 20.6 Å². The maximum absolute atomic E-state index is 13.3. The number of benzene rings is 1. The van der Waals surface area contributed by atoms with Crippen LogP contribution in [-0.2, 0) is 17.8 Å². The Labute approximate surface area is 123 Å². The second kappa shape index (κ2) is 5.01. The van der Waals surface area contributed by atoms with Gasteiger partial charge in [0.05, 0.1) is 11.6 Å². The number of imidazole rings is 1. The molecule has 0 amide bonds. The van der Waals surface area contributed by atoms with Crippen LogP contribution in [0.25, 0.3) is 11.3 Å². The van der Waals surface area contributed by atoms with Gasteiger partial charge in [-0.3, -0.25) is 4.79 Å². The molecule has 104 valence electrons. The Kier molecular flexibility index (Phi) is 3.33. The number of rotatable bonds is 2. The first-order valence-corrected chi connectivity index (χ1v) is 7.09. The van der Waals surface area contributed by atoms with E-state index >= 15 is 0 Å². The number of hydrogen-bond acceptors (Lipinski definition) is 2. The van der Waals surface area contributed by atoms with Crippen LogP contribution in [0.1, 0.15) is 12.1 Å². The predicted molar refractivity (Wildman–Crippen MR) is 74.8 cm³/mol. The highest BCUT2D eigenvalue weighted by atomic mass is 79.9. The van der Waals surface area contributed by atoms with Crippen molar-refractivity contribution in [2.24, 2.45) is 5.92 Å². The summed E-state index contributed by atoms with van der Waals surface area (Å²) in [5.74, 6) is -1.49.